The second-order valence-electron chi connectivity index (χ2n) is 13.0. The predicted octanol–water partition coefficient (Wildman–Crippen LogP) is 4.88. The number of aliphatic hydroxyl groups is 7. The van der Waals surface area contributed by atoms with Crippen LogP contribution in [0.25, 0.3) is 0 Å². The average Bonchev–Trinajstić information content (AvgIpc) is 2.97. The molecule has 7 N–H and O–H groups in total. The van der Waals surface area contributed by atoms with Crippen molar-refractivity contribution in [2.24, 2.45) is 0 Å². The SMILES string of the molecule is CC(O)CC(O)CCCCCCCCCCCCCCCCCCCCCC(O)CCOC1OC(CO)C(O)C(O)C1O. The topological polar surface area (TPSA) is 160 Å². The fourth-order valence-electron chi connectivity index (χ4n) is 5.95. The summed E-state index contributed by atoms with van der Waals surface area (Å²) in [4.78, 5) is 0. The minimum atomic E-state index is -1.45. The van der Waals surface area contributed by atoms with E-state index in [1.54, 1.807) is 6.92 Å². The number of aliphatic hydroxyl groups excluding tert-OH is 7. The third-order valence-electron chi connectivity index (χ3n) is 8.77. The third kappa shape index (κ3) is 21.1. The molecular weight excluding hydrogens is 552 g/mol. The summed E-state index contributed by atoms with van der Waals surface area (Å²) in [6.07, 6.45) is 19.0. The smallest absolute Gasteiger partial charge is 0.186 e. The van der Waals surface area contributed by atoms with Gasteiger partial charge in [0.2, 0.25) is 0 Å². The van der Waals surface area contributed by atoms with E-state index >= 15 is 0 Å². The van der Waals surface area contributed by atoms with Crippen LogP contribution in [-0.4, -0.2) is 98.0 Å². The van der Waals surface area contributed by atoms with E-state index in [2.05, 4.69) is 0 Å². The van der Waals surface area contributed by atoms with E-state index < -0.39 is 49.5 Å². The van der Waals surface area contributed by atoms with E-state index in [9.17, 15) is 35.7 Å². The van der Waals surface area contributed by atoms with Crippen molar-refractivity contribution in [1.82, 2.24) is 0 Å². The Balaban J connectivity index is 1.79. The van der Waals surface area contributed by atoms with Gasteiger partial charge in [-0.15, -0.1) is 0 Å². The molecule has 258 valence electrons. The fourth-order valence-corrected chi connectivity index (χ4v) is 5.95. The Labute approximate surface area is 262 Å². The molecule has 0 amide bonds. The highest BCUT2D eigenvalue weighted by Gasteiger charge is 2.43. The summed E-state index contributed by atoms with van der Waals surface area (Å²) in [5, 5.41) is 68.0. The molecule has 0 saturated carbocycles. The van der Waals surface area contributed by atoms with E-state index in [4.69, 9.17) is 9.47 Å². The van der Waals surface area contributed by atoms with Crippen LogP contribution in [0.2, 0.25) is 0 Å². The minimum Gasteiger partial charge on any atom is -0.394 e. The number of unbranched alkanes of at least 4 members (excludes halogenated alkanes) is 18. The van der Waals surface area contributed by atoms with Crippen LogP contribution in [0, 0.1) is 0 Å². The first kappa shape index (κ1) is 40.7. The maximum Gasteiger partial charge on any atom is 0.186 e. The molecule has 0 aliphatic carbocycles. The van der Waals surface area contributed by atoms with Gasteiger partial charge >= 0.3 is 0 Å². The molecule has 8 atom stereocenters. The zero-order chi connectivity index (χ0) is 31.7. The summed E-state index contributed by atoms with van der Waals surface area (Å²) >= 11 is 0. The van der Waals surface area contributed by atoms with E-state index in [-0.39, 0.29) is 12.7 Å². The van der Waals surface area contributed by atoms with E-state index in [1.165, 1.54) is 103 Å². The summed E-state index contributed by atoms with van der Waals surface area (Å²) in [5.74, 6) is 0. The third-order valence-corrected chi connectivity index (χ3v) is 8.77. The number of ether oxygens (including phenoxy) is 2. The normalized spacial score (nSPS) is 24.7. The van der Waals surface area contributed by atoms with Crippen molar-refractivity contribution in [2.75, 3.05) is 13.2 Å². The molecule has 0 aromatic rings. The van der Waals surface area contributed by atoms with Gasteiger partial charge in [-0.2, -0.15) is 0 Å². The van der Waals surface area contributed by atoms with Gasteiger partial charge in [-0.25, -0.2) is 0 Å². The maximum absolute atomic E-state index is 10.2. The van der Waals surface area contributed by atoms with Crippen molar-refractivity contribution in [3.05, 3.63) is 0 Å². The summed E-state index contributed by atoms with van der Waals surface area (Å²) in [6.45, 7) is 1.40. The Kier molecular flexibility index (Phi) is 25.4. The van der Waals surface area contributed by atoms with Crippen LogP contribution < -0.4 is 0 Å². The van der Waals surface area contributed by atoms with Crippen molar-refractivity contribution >= 4 is 0 Å². The van der Waals surface area contributed by atoms with Crippen molar-refractivity contribution in [3.8, 4) is 0 Å². The van der Waals surface area contributed by atoms with Crippen LogP contribution in [0.15, 0.2) is 0 Å². The highest BCUT2D eigenvalue weighted by molar-refractivity contribution is 4.88. The molecule has 1 saturated heterocycles. The largest absolute Gasteiger partial charge is 0.394 e. The van der Waals surface area contributed by atoms with Gasteiger partial charge in [-0.3, -0.25) is 0 Å². The monoisotopic (exact) mass is 620 g/mol. The molecule has 1 fully saturated rings. The Morgan fingerprint density at radius 2 is 0.930 bits per heavy atom. The molecule has 0 radical (unpaired) electrons. The fraction of sp³-hybridized carbons (Fsp3) is 1.00. The molecule has 9 heteroatoms. The van der Waals surface area contributed by atoms with Gasteiger partial charge in [0, 0.05) is 0 Å². The van der Waals surface area contributed by atoms with Gasteiger partial charge in [-0.05, 0) is 32.6 Å². The van der Waals surface area contributed by atoms with Crippen LogP contribution in [0.4, 0.5) is 0 Å². The predicted molar refractivity (Wildman–Crippen MR) is 170 cm³/mol. The Morgan fingerprint density at radius 1 is 0.535 bits per heavy atom. The quantitative estimate of drug-likeness (QED) is 0.0579. The molecule has 43 heavy (non-hydrogen) atoms. The highest BCUT2D eigenvalue weighted by atomic mass is 16.7. The first-order valence-corrected chi connectivity index (χ1v) is 17.7. The standard InChI is InChI=1S/C34H68O9/c1-27(36)25-29(38)22-20-18-16-14-12-10-8-6-4-2-3-5-7-9-11-13-15-17-19-21-28(37)23-24-42-34-33(41)32(40)31(39)30(26-35)43-34/h27-41H,2-26H2,1H3. The molecule has 1 heterocycles. The molecule has 0 bridgehead atoms. The van der Waals surface area contributed by atoms with Gasteiger partial charge in [0.25, 0.3) is 0 Å². The lowest BCUT2D eigenvalue weighted by Crippen LogP contribution is -2.59. The lowest BCUT2D eigenvalue weighted by molar-refractivity contribution is -0.301. The van der Waals surface area contributed by atoms with Gasteiger partial charge in [0.05, 0.1) is 31.5 Å². The second kappa shape index (κ2) is 26.8. The number of hydrogen-bond acceptors (Lipinski definition) is 9. The number of hydrogen-bond donors (Lipinski definition) is 7. The van der Waals surface area contributed by atoms with Crippen LogP contribution in [0.3, 0.4) is 0 Å². The second-order valence-corrected chi connectivity index (χ2v) is 13.0. The Hall–Kier alpha value is -0.360. The van der Waals surface area contributed by atoms with Crippen molar-refractivity contribution < 1.29 is 45.2 Å². The maximum atomic E-state index is 10.2. The molecule has 1 rings (SSSR count). The van der Waals surface area contributed by atoms with Crippen LogP contribution in [0.1, 0.15) is 155 Å². The highest BCUT2D eigenvalue weighted by Crippen LogP contribution is 2.22. The number of rotatable bonds is 29. The first-order valence-electron chi connectivity index (χ1n) is 17.7. The average molecular weight is 621 g/mol. The van der Waals surface area contributed by atoms with E-state index in [0.717, 1.165) is 25.7 Å². The molecule has 9 nitrogen and oxygen atoms in total. The summed E-state index contributed by atoms with van der Waals surface area (Å²) in [5.41, 5.74) is 0. The summed E-state index contributed by atoms with van der Waals surface area (Å²) in [6, 6.07) is 0. The van der Waals surface area contributed by atoms with Gasteiger partial charge < -0.3 is 45.2 Å². The summed E-state index contributed by atoms with van der Waals surface area (Å²) in [7, 11) is 0. The van der Waals surface area contributed by atoms with Gasteiger partial charge in [0.1, 0.15) is 24.4 Å². The van der Waals surface area contributed by atoms with Crippen LogP contribution in [0.5, 0.6) is 0 Å². The Morgan fingerprint density at radius 3 is 1.33 bits per heavy atom. The van der Waals surface area contributed by atoms with E-state index in [1.807, 2.05) is 0 Å². The molecule has 1 aliphatic heterocycles. The van der Waals surface area contributed by atoms with E-state index in [0.29, 0.717) is 19.3 Å². The summed E-state index contributed by atoms with van der Waals surface area (Å²) < 4.78 is 10.8. The lowest BCUT2D eigenvalue weighted by atomic mass is 9.99. The van der Waals surface area contributed by atoms with Crippen molar-refractivity contribution in [1.29, 1.82) is 0 Å². The van der Waals surface area contributed by atoms with Crippen LogP contribution in [-0.2, 0) is 9.47 Å². The van der Waals surface area contributed by atoms with Crippen molar-refractivity contribution in [2.45, 2.75) is 204 Å². The zero-order valence-electron chi connectivity index (χ0n) is 27.2. The molecule has 8 unspecified atom stereocenters. The zero-order valence-corrected chi connectivity index (χ0v) is 27.2. The first-order chi connectivity index (χ1) is 20.8. The van der Waals surface area contributed by atoms with Gasteiger partial charge in [0.15, 0.2) is 6.29 Å². The molecule has 0 spiro atoms. The molecule has 0 aromatic heterocycles. The van der Waals surface area contributed by atoms with Crippen molar-refractivity contribution in [3.63, 3.8) is 0 Å². The molecule has 0 aromatic carbocycles. The molecule has 1 aliphatic rings. The van der Waals surface area contributed by atoms with Crippen LogP contribution >= 0.6 is 0 Å². The minimum absolute atomic E-state index is 0.158. The lowest BCUT2D eigenvalue weighted by Gasteiger charge is -2.39. The van der Waals surface area contributed by atoms with Gasteiger partial charge in [-0.1, -0.05) is 122 Å². The molecular formula is C34H68O9. The Bertz CT molecular complexity index is 606.